The summed E-state index contributed by atoms with van der Waals surface area (Å²) in [5, 5.41) is 13.4. The first-order valence-corrected chi connectivity index (χ1v) is 8.73. The van der Waals surface area contributed by atoms with Crippen molar-refractivity contribution < 1.29 is 9.90 Å². The molecule has 2 aromatic rings. The van der Waals surface area contributed by atoms with Crippen molar-refractivity contribution in [2.75, 3.05) is 12.8 Å². The number of benzene rings is 2. The molecule has 2 rings (SSSR count). The predicted octanol–water partition coefficient (Wildman–Crippen LogP) is 3.92. The Hall–Kier alpha value is -1.75. The summed E-state index contributed by atoms with van der Waals surface area (Å²) in [6, 6.07) is 14.9. The van der Waals surface area contributed by atoms with Gasteiger partial charge in [0.2, 0.25) is 5.91 Å². The number of hydrogen-bond donors (Lipinski definition) is 2. The van der Waals surface area contributed by atoms with E-state index in [0.29, 0.717) is 5.02 Å². The maximum Gasteiger partial charge on any atom is 0.244 e. The zero-order chi connectivity index (χ0) is 16.7. The van der Waals surface area contributed by atoms with E-state index >= 15 is 0 Å². The van der Waals surface area contributed by atoms with E-state index in [1.165, 1.54) is 6.08 Å². The zero-order valence-corrected chi connectivity index (χ0v) is 14.3. The number of thioether (sulfide) groups is 1. The Bertz CT molecular complexity index is 686. The van der Waals surface area contributed by atoms with Crippen LogP contribution in [0.3, 0.4) is 0 Å². The highest BCUT2D eigenvalue weighted by Crippen LogP contribution is 2.19. The molecule has 0 aromatic heterocycles. The van der Waals surface area contributed by atoms with Gasteiger partial charge in [0.1, 0.15) is 0 Å². The van der Waals surface area contributed by atoms with Gasteiger partial charge in [-0.3, -0.25) is 4.79 Å². The first-order valence-electron chi connectivity index (χ1n) is 7.12. The van der Waals surface area contributed by atoms with E-state index in [1.54, 1.807) is 23.9 Å². The molecule has 0 radical (unpaired) electrons. The molecule has 0 fully saturated rings. The number of hydrogen-bond acceptors (Lipinski definition) is 3. The largest absolute Gasteiger partial charge is 0.387 e. The minimum atomic E-state index is -0.733. The van der Waals surface area contributed by atoms with Crippen LogP contribution in [0.25, 0.3) is 6.08 Å². The summed E-state index contributed by atoms with van der Waals surface area (Å²) in [5.41, 5.74) is 1.55. The van der Waals surface area contributed by atoms with Crippen LogP contribution in [-0.2, 0) is 4.79 Å². The number of amides is 1. The monoisotopic (exact) mass is 347 g/mol. The Balaban J connectivity index is 1.87. The van der Waals surface area contributed by atoms with Gasteiger partial charge in [0.15, 0.2) is 0 Å². The van der Waals surface area contributed by atoms with Crippen LogP contribution in [0.4, 0.5) is 0 Å². The number of nitrogens with one attached hydrogen (secondary N) is 1. The second-order valence-electron chi connectivity index (χ2n) is 4.89. The van der Waals surface area contributed by atoms with E-state index in [2.05, 4.69) is 5.32 Å². The molecule has 2 aromatic carbocycles. The van der Waals surface area contributed by atoms with Gasteiger partial charge in [0.25, 0.3) is 0 Å². The lowest BCUT2D eigenvalue weighted by molar-refractivity contribution is -0.116. The third kappa shape index (κ3) is 5.43. The van der Waals surface area contributed by atoms with Crippen molar-refractivity contribution in [3.63, 3.8) is 0 Å². The molecule has 3 nitrogen and oxygen atoms in total. The van der Waals surface area contributed by atoms with Crippen LogP contribution < -0.4 is 5.32 Å². The van der Waals surface area contributed by atoms with Gasteiger partial charge in [0.05, 0.1) is 6.10 Å². The Morgan fingerprint density at radius 2 is 1.96 bits per heavy atom. The highest BCUT2D eigenvalue weighted by atomic mass is 35.5. The van der Waals surface area contributed by atoms with Crippen molar-refractivity contribution >= 4 is 35.3 Å². The molecule has 2 N–H and O–H groups in total. The Morgan fingerprint density at radius 1 is 1.26 bits per heavy atom. The molecular weight excluding hydrogens is 330 g/mol. The number of rotatable bonds is 6. The average molecular weight is 348 g/mol. The summed E-state index contributed by atoms with van der Waals surface area (Å²) in [4.78, 5) is 12.9. The molecule has 1 amide bonds. The minimum Gasteiger partial charge on any atom is -0.387 e. The van der Waals surface area contributed by atoms with Crippen LogP contribution in [0.2, 0.25) is 5.02 Å². The molecule has 1 unspecified atom stereocenters. The molecule has 1 atom stereocenters. The lowest BCUT2D eigenvalue weighted by Gasteiger charge is -2.11. The highest BCUT2D eigenvalue weighted by molar-refractivity contribution is 7.98. The van der Waals surface area contributed by atoms with E-state index in [0.717, 1.165) is 16.0 Å². The summed E-state index contributed by atoms with van der Waals surface area (Å²) >= 11 is 7.66. The van der Waals surface area contributed by atoms with Gasteiger partial charge in [-0.1, -0.05) is 41.9 Å². The molecule has 5 heteroatoms. The molecule has 23 heavy (non-hydrogen) atoms. The summed E-state index contributed by atoms with van der Waals surface area (Å²) in [6.07, 6.45) is 4.32. The zero-order valence-electron chi connectivity index (χ0n) is 12.7. The Morgan fingerprint density at radius 3 is 2.61 bits per heavy atom. The third-order valence-corrected chi connectivity index (χ3v) is 4.38. The average Bonchev–Trinajstić information content (AvgIpc) is 2.59. The first-order chi connectivity index (χ1) is 11.1. The molecule has 0 saturated heterocycles. The van der Waals surface area contributed by atoms with Gasteiger partial charge in [-0.05, 0) is 41.7 Å². The van der Waals surface area contributed by atoms with Crippen molar-refractivity contribution in [2.24, 2.45) is 0 Å². The van der Waals surface area contributed by atoms with E-state index < -0.39 is 6.10 Å². The smallest absolute Gasteiger partial charge is 0.244 e. The fourth-order valence-electron chi connectivity index (χ4n) is 1.98. The van der Waals surface area contributed by atoms with Crippen molar-refractivity contribution in [3.05, 3.63) is 70.8 Å². The van der Waals surface area contributed by atoms with Gasteiger partial charge in [-0.2, -0.15) is 0 Å². The lowest BCUT2D eigenvalue weighted by Crippen LogP contribution is -2.26. The fraction of sp³-hybridized carbons (Fsp3) is 0.167. The van der Waals surface area contributed by atoms with Crippen LogP contribution >= 0.6 is 23.4 Å². The molecule has 0 aliphatic rings. The number of carbonyl (C=O) groups excluding carboxylic acids is 1. The van der Waals surface area contributed by atoms with E-state index in [4.69, 9.17) is 11.6 Å². The number of aliphatic hydroxyl groups is 1. The summed E-state index contributed by atoms with van der Waals surface area (Å²) in [6.45, 7) is 0.157. The molecule has 0 saturated carbocycles. The summed E-state index contributed by atoms with van der Waals surface area (Å²) in [7, 11) is 0. The third-order valence-electron chi connectivity index (χ3n) is 3.29. The van der Waals surface area contributed by atoms with Crippen LogP contribution in [-0.4, -0.2) is 23.8 Å². The SMILES string of the molecule is CSc1ccc(C(O)CNC(=O)/C=C/c2ccccc2Cl)cc1. The number of halogens is 1. The predicted molar refractivity (Wildman–Crippen MR) is 96.7 cm³/mol. The second kappa shape index (κ2) is 8.77. The van der Waals surface area contributed by atoms with Crippen molar-refractivity contribution in [3.8, 4) is 0 Å². The van der Waals surface area contributed by atoms with Gasteiger partial charge in [-0.15, -0.1) is 11.8 Å². The van der Waals surface area contributed by atoms with Crippen LogP contribution in [0.5, 0.6) is 0 Å². The van der Waals surface area contributed by atoms with Crippen LogP contribution in [0.15, 0.2) is 59.5 Å². The second-order valence-corrected chi connectivity index (χ2v) is 6.18. The topological polar surface area (TPSA) is 49.3 Å². The molecule has 120 valence electrons. The van der Waals surface area contributed by atoms with Gasteiger partial charge in [0, 0.05) is 22.5 Å². The quantitative estimate of drug-likeness (QED) is 0.615. The van der Waals surface area contributed by atoms with Crippen molar-refractivity contribution in [1.29, 1.82) is 0 Å². The molecule has 0 aliphatic heterocycles. The van der Waals surface area contributed by atoms with Gasteiger partial charge >= 0.3 is 0 Å². The van der Waals surface area contributed by atoms with E-state index in [9.17, 15) is 9.90 Å². The minimum absolute atomic E-state index is 0.157. The first kappa shape index (κ1) is 17.6. The molecule has 0 heterocycles. The summed E-state index contributed by atoms with van der Waals surface area (Å²) in [5.74, 6) is -0.273. The Kier molecular flexibility index (Phi) is 6.71. The van der Waals surface area contributed by atoms with Gasteiger partial charge in [-0.25, -0.2) is 0 Å². The standard InChI is InChI=1S/C18H18ClNO2S/c1-23-15-9-6-14(7-10-15)17(21)12-20-18(22)11-8-13-4-2-3-5-16(13)19/h2-11,17,21H,12H2,1H3,(H,20,22)/b11-8+. The van der Waals surface area contributed by atoms with Crippen LogP contribution in [0.1, 0.15) is 17.2 Å². The molecule has 0 bridgehead atoms. The Labute approximate surface area is 145 Å². The van der Waals surface area contributed by atoms with Gasteiger partial charge < -0.3 is 10.4 Å². The number of carbonyl (C=O) groups is 1. The van der Waals surface area contributed by atoms with Crippen molar-refractivity contribution in [1.82, 2.24) is 5.32 Å². The highest BCUT2D eigenvalue weighted by Gasteiger charge is 2.08. The maximum atomic E-state index is 11.8. The van der Waals surface area contributed by atoms with E-state index in [1.807, 2.05) is 48.7 Å². The normalized spacial score (nSPS) is 12.3. The lowest BCUT2D eigenvalue weighted by atomic mass is 10.1. The van der Waals surface area contributed by atoms with E-state index in [-0.39, 0.29) is 12.5 Å². The van der Waals surface area contributed by atoms with Crippen molar-refractivity contribution in [2.45, 2.75) is 11.0 Å². The summed E-state index contributed by atoms with van der Waals surface area (Å²) < 4.78 is 0. The molecular formula is C18H18ClNO2S. The maximum absolute atomic E-state index is 11.8. The molecule has 0 aliphatic carbocycles. The number of aliphatic hydroxyl groups excluding tert-OH is 1. The molecule has 0 spiro atoms. The fourth-order valence-corrected chi connectivity index (χ4v) is 2.58. The van der Waals surface area contributed by atoms with Crippen LogP contribution in [0, 0.1) is 0 Å².